The first-order valence-corrected chi connectivity index (χ1v) is 6.71. The Morgan fingerprint density at radius 2 is 2.14 bits per heavy atom. The van der Waals surface area contributed by atoms with Crippen molar-refractivity contribution in [2.75, 3.05) is 19.8 Å². The van der Waals surface area contributed by atoms with E-state index >= 15 is 0 Å². The van der Waals surface area contributed by atoms with E-state index in [1.54, 1.807) is 18.2 Å². The van der Waals surface area contributed by atoms with Crippen LogP contribution in [0.5, 0.6) is 5.75 Å². The van der Waals surface area contributed by atoms with Gasteiger partial charge >= 0.3 is 6.61 Å². The molecule has 0 aromatic heterocycles. The van der Waals surface area contributed by atoms with Crippen molar-refractivity contribution in [1.82, 2.24) is 5.32 Å². The van der Waals surface area contributed by atoms with E-state index in [4.69, 9.17) is 4.74 Å². The molecule has 0 aliphatic rings. The van der Waals surface area contributed by atoms with Gasteiger partial charge in [0.25, 0.3) is 0 Å². The van der Waals surface area contributed by atoms with Crippen molar-refractivity contribution in [3.05, 3.63) is 35.9 Å². The Hall–Kier alpha value is -1.95. The molecule has 0 aliphatic heterocycles. The third-order valence-corrected chi connectivity index (χ3v) is 2.52. The molecule has 0 aliphatic carbocycles. The summed E-state index contributed by atoms with van der Waals surface area (Å²) in [6.07, 6.45) is 3.45. The second kappa shape index (κ2) is 9.88. The highest BCUT2D eigenvalue weighted by molar-refractivity contribution is 5.92. The fourth-order valence-corrected chi connectivity index (χ4v) is 1.58. The number of para-hydroxylation sites is 1. The van der Waals surface area contributed by atoms with Crippen LogP contribution in [0.15, 0.2) is 30.3 Å². The van der Waals surface area contributed by atoms with Crippen molar-refractivity contribution >= 4 is 12.0 Å². The normalized spacial score (nSPS) is 11.0. The first kappa shape index (κ1) is 17.1. The number of halogens is 2. The van der Waals surface area contributed by atoms with Gasteiger partial charge in [0.2, 0.25) is 5.91 Å². The molecule has 1 amide bonds. The maximum Gasteiger partial charge on any atom is 0.387 e. The zero-order valence-corrected chi connectivity index (χ0v) is 11.9. The second-order valence-electron chi connectivity index (χ2n) is 4.09. The fourth-order valence-electron chi connectivity index (χ4n) is 1.58. The molecule has 0 radical (unpaired) electrons. The van der Waals surface area contributed by atoms with Gasteiger partial charge in [0, 0.05) is 31.4 Å². The maximum atomic E-state index is 12.2. The van der Waals surface area contributed by atoms with Gasteiger partial charge in [-0.1, -0.05) is 18.2 Å². The van der Waals surface area contributed by atoms with Crippen LogP contribution in [0, 0.1) is 0 Å². The number of alkyl halides is 2. The molecule has 21 heavy (non-hydrogen) atoms. The van der Waals surface area contributed by atoms with E-state index in [9.17, 15) is 13.6 Å². The van der Waals surface area contributed by atoms with Crippen LogP contribution in [0.1, 0.15) is 18.9 Å². The molecule has 0 saturated heterocycles. The lowest BCUT2D eigenvalue weighted by Crippen LogP contribution is -2.23. The van der Waals surface area contributed by atoms with Gasteiger partial charge in [-0.25, -0.2) is 0 Å². The Morgan fingerprint density at radius 3 is 2.86 bits per heavy atom. The summed E-state index contributed by atoms with van der Waals surface area (Å²) >= 11 is 0. The summed E-state index contributed by atoms with van der Waals surface area (Å²) < 4.78 is 34.0. The van der Waals surface area contributed by atoms with Crippen LogP contribution in [0.3, 0.4) is 0 Å². The van der Waals surface area contributed by atoms with E-state index in [1.807, 2.05) is 6.92 Å². The Kier molecular flexibility index (Phi) is 8.04. The van der Waals surface area contributed by atoms with Crippen LogP contribution < -0.4 is 10.1 Å². The number of amides is 1. The summed E-state index contributed by atoms with van der Waals surface area (Å²) in [5, 5.41) is 2.68. The van der Waals surface area contributed by atoms with Gasteiger partial charge in [0.15, 0.2) is 0 Å². The summed E-state index contributed by atoms with van der Waals surface area (Å²) in [6, 6.07) is 6.28. The third kappa shape index (κ3) is 7.41. The van der Waals surface area contributed by atoms with Crippen LogP contribution in [-0.4, -0.2) is 32.3 Å². The van der Waals surface area contributed by atoms with Crippen LogP contribution in [0.4, 0.5) is 8.78 Å². The molecule has 0 spiro atoms. The van der Waals surface area contributed by atoms with Crippen molar-refractivity contribution in [2.24, 2.45) is 0 Å². The minimum absolute atomic E-state index is 0.0351. The first-order valence-electron chi connectivity index (χ1n) is 6.71. The van der Waals surface area contributed by atoms with E-state index in [0.29, 0.717) is 25.3 Å². The zero-order valence-electron chi connectivity index (χ0n) is 11.9. The number of ether oxygens (including phenoxy) is 2. The molecule has 0 fully saturated rings. The molecule has 0 atom stereocenters. The van der Waals surface area contributed by atoms with Crippen molar-refractivity contribution in [3.8, 4) is 5.75 Å². The number of carbonyl (C=O) groups excluding carboxylic acids is 1. The van der Waals surface area contributed by atoms with Crippen molar-refractivity contribution in [3.63, 3.8) is 0 Å². The molecule has 1 aromatic carbocycles. The van der Waals surface area contributed by atoms with Gasteiger partial charge < -0.3 is 14.8 Å². The molecule has 0 unspecified atom stereocenters. The summed E-state index contributed by atoms with van der Waals surface area (Å²) in [6.45, 7) is 0.741. The van der Waals surface area contributed by atoms with Crippen LogP contribution in [0.25, 0.3) is 6.08 Å². The number of hydrogen-bond acceptors (Lipinski definition) is 3. The minimum atomic E-state index is -2.90. The van der Waals surface area contributed by atoms with Gasteiger partial charge in [-0.2, -0.15) is 8.78 Å². The van der Waals surface area contributed by atoms with Crippen LogP contribution >= 0.6 is 0 Å². The average Bonchev–Trinajstić information content (AvgIpc) is 2.45. The number of rotatable bonds is 9. The summed E-state index contributed by atoms with van der Waals surface area (Å²) in [7, 11) is 0. The van der Waals surface area contributed by atoms with Crippen LogP contribution in [-0.2, 0) is 9.53 Å². The monoisotopic (exact) mass is 299 g/mol. The van der Waals surface area contributed by atoms with Crippen LogP contribution in [0.2, 0.25) is 0 Å². The van der Waals surface area contributed by atoms with E-state index in [1.165, 1.54) is 18.2 Å². The highest BCUT2D eigenvalue weighted by Crippen LogP contribution is 2.21. The largest absolute Gasteiger partial charge is 0.434 e. The SMILES string of the molecule is CCOCCCNC(=O)/C=C/c1ccccc1OC(F)F. The molecular formula is C15H19F2NO3. The second-order valence-corrected chi connectivity index (χ2v) is 4.09. The van der Waals surface area contributed by atoms with E-state index in [2.05, 4.69) is 10.1 Å². The standard InChI is InChI=1S/C15H19F2NO3/c1-2-20-11-5-10-18-14(19)9-8-12-6-3-4-7-13(12)21-15(16)17/h3-4,6-9,15H,2,5,10-11H2,1H3,(H,18,19)/b9-8+. The Labute approximate surface area is 122 Å². The van der Waals surface area contributed by atoms with Crippen molar-refractivity contribution in [2.45, 2.75) is 20.0 Å². The lowest BCUT2D eigenvalue weighted by molar-refractivity contribution is -0.116. The molecular weight excluding hydrogens is 280 g/mol. The molecule has 1 N–H and O–H groups in total. The number of benzene rings is 1. The predicted octanol–water partition coefficient (Wildman–Crippen LogP) is 2.84. The summed E-state index contributed by atoms with van der Waals surface area (Å²) in [4.78, 5) is 11.6. The minimum Gasteiger partial charge on any atom is -0.434 e. The number of hydrogen-bond donors (Lipinski definition) is 1. The van der Waals surface area contributed by atoms with Crippen molar-refractivity contribution < 1.29 is 23.0 Å². The summed E-state index contributed by atoms with van der Waals surface area (Å²) in [5.74, 6) is -0.258. The smallest absolute Gasteiger partial charge is 0.387 e. The zero-order chi connectivity index (χ0) is 15.5. The van der Waals surface area contributed by atoms with E-state index in [-0.39, 0.29) is 11.7 Å². The topological polar surface area (TPSA) is 47.6 Å². The number of nitrogens with one attached hydrogen (secondary N) is 1. The van der Waals surface area contributed by atoms with Gasteiger partial charge in [0.1, 0.15) is 5.75 Å². The molecule has 1 rings (SSSR count). The Morgan fingerprint density at radius 1 is 1.38 bits per heavy atom. The Bertz CT molecular complexity index is 464. The van der Waals surface area contributed by atoms with E-state index < -0.39 is 6.61 Å². The fraction of sp³-hybridized carbons (Fsp3) is 0.400. The van der Waals surface area contributed by atoms with Gasteiger partial charge in [-0.15, -0.1) is 0 Å². The lowest BCUT2D eigenvalue weighted by atomic mass is 10.2. The highest BCUT2D eigenvalue weighted by atomic mass is 19.3. The molecule has 0 bridgehead atoms. The van der Waals surface area contributed by atoms with Gasteiger partial charge in [-0.05, 0) is 25.5 Å². The molecule has 1 aromatic rings. The molecule has 0 saturated carbocycles. The predicted molar refractivity (Wildman–Crippen MR) is 76.2 cm³/mol. The maximum absolute atomic E-state index is 12.2. The van der Waals surface area contributed by atoms with Crippen molar-refractivity contribution in [1.29, 1.82) is 0 Å². The molecule has 116 valence electrons. The van der Waals surface area contributed by atoms with Gasteiger partial charge in [-0.3, -0.25) is 4.79 Å². The lowest BCUT2D eigenvalue weighted by Gasteiger charge is -2.07. The third-order valence-electron chi connectivity index (χ3n) is 2.52. The highest BCUT2D eigenvalue weighted by Gasteiger charge is 2.07. The van der Waals surface area contributed by atoms with E-state index in [0.717, 1.165) is 6.42 Å². The summed E-state index contributed by atoms with van der Waals surface area (Å²) in [5.41, 5.74) is 0.419. The quantitative estimate of drug-likeness (QED) is 0.563. The Balaban J connectivity index is 2.46. The number of carbonyl (C=O) groups is 1. The molecule has 0 heterocycles. The van der Waals surface area contributed by atoms with Gasteiger partial charge in [0.05, 0.1) is 0 Å². The molecule has 6 heteroatoms. The molecule has 4 nitrogen and oxygen atoms in total. The first-order chi connectivity index (χ1) is 10.1. The average molecular weight is 299 g/mol.